The molecule has 3 heteroatoms. The Morgan fingerprint density at radius 1 is 1.46 bits per heavy atom. The Morgan fingerprint density at radius 3 is 2.69 bits per heavy atom. The fraction of sp³-hybridized carbons (Fsp3) is 0.700. The van der Waals surface area contributed by atoms with Crippen molar-refractivity contribution in [2.24, 2.45) is 5.41 Å². The topological polar surface area (TPSA) is 52.0 Å². The van der Waals surface area contributed by atoms with Gasteiger partial charge in [-0.05, 0) is 31.1 Å². The van der Waals surface area contributed by atoms with Crippen molar-refractivity contribution in [1.82, 2.24) is 5.16 Å². The minimum absolute atomic E-state index is 0.449. The van der Waals surface area contributed by atoms with Gasteiger partial charge in [-0.2, -0.15) is 0 Å². The van der Waals surface area contributed by atoms with Crippen LogP contribution in [-0.2, 0) is 0 Å². The molecule has 1 aromatic rings. The fourth-order valence-electron chi connectivity index (χ4n) is 2.78. The summed E-state index contributed by atoms with van der Waals surface area (Å²) in [4.78, 5) is 0. The maximum Gasteiger partial charge on any atom is 0.222 e. The zero-order valence-electron chi connectivity index (χ0n) is 7.62. The van der Waals surface area contributed by atoms with Gasteiger partial charge in [0, 0.05) is 12.0 Å². The molecule has 0 bridgehead atoms. The second-order valence-corrected chi connectivity index (χ2v) is 4.61. The summed E-state index contributed by atoms with van der Waals surface area (Å²) in [5, 5.41) is 3.96. The van der Waals surface area contributed by atoms with Gasteiger partial charge in [0.25, 0.3) is 0 Å². The molecule has 2 N–H and O–H groups in total. The quantitative estimate of drug-likeness (QED) is 0.717. The van der Waals surface area contributed by atoms with Gasteiger partial charge < -0.3 is 10.3 Å². The molecule has 1 spiro atoms. The summed E-state index contributed by atoms with van der Waals surface area (Å²) in [6.07, 6.45) is 6.89. The van der Waals surface area contributed by atoms with Crippen molar-refractivity contribution in [3.05, 3.63) is 11.8 Å². The minimum atomic E-state index is 0.449. The number of nitrogens with two attached hydrogens (primary N) is 1. The van der Waals surface area contributed by atoms with Crippen LogP contribution in [0.1, 0.15) is 43.7 Å². The molecule has 3 nitrogen and oxygen atoms in total. The molecule has 0 aromatic carbocycles. The highest BCUT2D eigenvalue weighted by Gasteiger charge is 2.49. The summed E-state index contributed by atoms with van der Waals surface area (Å²) in [7, 11) is 0. The Morgan fingerprint density at radius 2 is 2.23 bits per heavy atom. The summed E-state index contributed by atoms with van der Waals surface area (Å²) < 4.78 is 4.87. The number of anilines is 1. The SMILES string of the molecule is Nc1cc(C2CC3(CCC3)C2)no1. The van der Waals surface area contributed by atoms with Gasteiger partial charge in [-0.15, -0.1) is 0 Å². The Balaban J connectivity index is 1.70. The highest BCUT2D eigenvalue weighted by atomic mass is 16.5. The average Bonchev–Trinajstić information content (AvgIpc) is 2.29. The van der Waals surface area contributed by atoms with Crippen LogP contribution in [0.15, 0.2) is 10.6 Å². The first-order chi connectivity index (χ1) is 6.27. The van der Waals surface area contributed by atoms with Gasteiger partial charge in [-0.3, -0.25) is 0 Å². The van der Waals surface area contributed by atoms with Crippen molar-refractivity contribution in [2.75, 3.05) is 5.73 Å². The molecule has 2 aliphatic carbocycles. The van der Waals surface area contributed by atoms with Gasteiger partial charge in [0.15, 0.2) is 0 Å². The van der Waals surface area contributed by atoms with E-state index in [0.717, 1.165) is 5.69 Å². The maximum atomic E-state index is 5.48. The average molecular weight is 178 g/mol. The molecule has 0 unspecified atom stereocenters. The van der Waals surface area contributed by atoms with Gasteiger partial charge in [0.05, 0.1) is 5.69 Å². The van der Waals surface area contributed by atoms with E-state index in [2.05, 4.69) is 5.16 Å². The molecular formula is C10H14N2O. The first-order valence-electron chi connectivity index (χ1n) is 5.00. The Kier molecular flexibility index (Phi) is 1.30. The normalized spacial score (nSPS) is 25.5. The van der Waals surface area contributed by atoms with Crippen LogP contribution in [0.25, 0.3) is 0 Å². The molecule has 0 radical (unpaired) electrons. The first kappa shape index (κ1) is 7.42. The monoisotopic (exact) mass is 178 g/mol. The highest BCUT2D eigenvalue weighted by Crippen LogP contribution is 2.61. The third-order valence-corrected chi connectivity index (χ3v) is 3.74. The lowest BCUT2D eigenvalue weighted by Gasteiger charge is -2.53. The van der Waals surface area contributed by atoms with Crippen molar-refractivity contribution in [3.8, 4) is 0 Å². The largest absolute Gasteiger partial charge is 0.368 e. The molecular weight excluding hydrogens is 164 g/mol. The van der Waals surface area contributed by atoms with E-state index in [1.807, 2.05) is 6.07 Å². The second-order valence-electron chi connectivity index (χ2n) is 4.61. The summed E-state index contributed by atoms with van der Waals surface area (Å²) in [5.41, 5.74) is 7.25. The lowest BCUT2D eigenvalue weighted by molar-refractivity contribution is 0.00671. The minimum Gasteiger partial charge on any atom is -0.368 e. The van der Waals surface area contributed by atoms with E-state index in [1.54, 1.807) is 0 Å². The predicted octanol–water partition coefficient (Wildman–Crippen LogP) is 2.30. The zero-order chi connectivity index (χ0) is 8.89. The molecule has 2 fully saturated rings. The Hall–Kier alpha value is -0.990. The molecule has 0 amide bonds. The molecule has 3 rings (SSSR count). The molecule has 1 aromatic heterocycles. The van der Waals surface area contributed by atoms with Crippen LogP contribution in [0.5, 0.6) is 0 Å². The van der Waals surface area contributed by atoms with Crippen molar-refractivity contribution in [1.29, 1.82) is 0 Å². The number of hydrogen-bond acceptors (Lipinski definition) is 3. The number of aromatic nitrogens is 1. The third kappa shape index (κ3) is 0.992. The summed E-state index contributed by atoms with van der Waals surface area (Å²) in [6, 6.07) is 1.87. The van der Waals surface area contributed by atoms with Crippen LogP contribution in [0.2, 0.25) is 0 Å². The Bertz CT molecular complexity index is 319. The standard InChI is InChI=1S/C10H14N2O/c11-9-4-8(12-13-9)7-5-10(6-7)2-1-3-10/h4,7H,1-3,5-6,11H2. The van der Waals surface area contributed by atoms with E-state index in [1.165, 1.54) is 32.1 Å². The zero-order valence-corrected chi connectivity index (χ0v) is 7.62. The molecule has 2 saturated carbocycles. The van der Waals surface area contributed by atoms with E-state index >= 15 is 0 Å². The van der Waals surface area contributed by atoms with Gasteiger partial charge in [-0.25, -0.2) is 0 Å². The number of nitrogen functional groups attached to an aromatic ring is 1. The number of nitrogens with zero attached hydrogens (tertiary/aromatic N) is 1. The molecule has 1 heterocycles. The van der Waals surface area contributed by atoms with Crippen molar-refractivity contribution < 1.29 is 4.52 Å². The first-order valence-corrected chi connectivity index (χ1v) is 5.00. The highest BCUT2D eigenvalue weighted by molar-refractivity contribution is 5.28. The smallest absolute Gasteiger partial charge is 0.222 e. The van der Waals surface area contributed by atoms with E-state index in [0.29, 0.717) is 17.2 Å². The van der Waals surface area contributed by atoms with Gasteiger partial charge in [-0.1, -0.05) is 11.6 Å². The maximum absolute atomic E-state index is 5.48. The summed E-state index contributed by atoms with van der Waals surface area (Å²) >= 11 is 0. The van der Waals surface area contributed by atoms with E-state index < -0.39 is 0 Å². The molecule has 0 saturated heterocycles. The number of hydrogen-bond donors (Lipinski definition) is 1. The second kappa shape index (κ2) is 2.28. The molecule has 70 valence electrons. The molecule has 0 aliphatic heterocycles. The van der Waals surface area contributed by atoms with Crippen molar-refractivity contribution >= 4 is 5.88 Å². The lowest BCUT2D eigenvalue weighted by Crippen LogP contribution is -2.41. The van der Waals surface area contributed by atoms with Crippen LogP contribution in [0, 0.1) is 5.41 Å². The van der Waals surface area contributed by atoms with Crippen LogP contribution in [0.3, 0.4) is 0 Å². The van der Waals surface area contributed by atoms with Crippen LogP contribution in [-0.4, -0.2) is 5.16 Å². The third-order valence-electron chi connectivity index (χ3n) is 3.74. The fourth-order valence-corrected chi connectivity index (χ4v) is 2.78. The van der Waals surface area contributed by atoms with E-state index in [9.17, 15) is 0 Å². The van der Waals surface area contributed by atoms with Gasteiger partial charge in [0.1, 0.15) is 0 Å². The van der Waals surface area contributed by atoms with Crippen LogP contribution < -0.4 is 5.73 Å². The van der Waals surface area contributed by atoms with E-state index in [4.69, 9.17) is 10.3 Å². The van der Waals surface area contributed by atoms with Crippen LogP contribution >= 0.6 is 0 Å². The van der Waals surface area contributed by atoms with Gasteiger partial charge in [0.2, 0.25) is 5.88 Å². The van der Waals surface area contributed by atoms with Crippen molar-refractivity contribution in [2.45, 2.75) is 38.0 Å². The summed E-state index contributed by atoms with van der Waals surface area (Å²) in [5.74, 6) is 1.07. The molecule has 2 aliphatic rings. The molecule has 13 heavy (non-hydrogen) atoms. The van der Waals surface area contributed by atoms with Gasteiger partial charge >= 0.3 is 0 Å². The molecule has 0 atom stereocenters. The number of rotatable bonds is 1. The summed E-state index contributed by atoms with van der Waals surface area (Å²) in [6.45, 7) is 0. The Labute approximate surface area is 77.3 Å². The predicted molar refractivity (Wildman–Crippen MR) is 49.2 cm³/mol. The lowest BCUT2D eigenvalue weighted by atomic mass is 9.51. The van der Waals surface area contributed by atoms with Crippen molar-refractivity contribution in [3.63, 3.8) is 0 Å². The van der Waals surface area contributed by atoms with E-state index in [-0.39, 0.29) is 0 Å². The van der Waals surface area contributed by atoms with Crippen LogP contribution in [0.4, 0.5) is 5.88 Å².